The lowest BCUT2D eigenvalue weighted by molar-refractivity contribution is -0.121. The molecular formula is C19H18N2O3. The van der Waals surface area contributed by atoms with Gasteiger partial charge in [-0.2, -0.15) is 0 Å². The molecule has 0 unspecified atom stereocenters. The van der Waals surface area contributed by atoms with Crippen LogP contribution >= 0.6 is 0 Å². The van der Waals surface area contributed by atoms with Crippen LogP contribution in [0.15, 0.2) is 48.5 Å². The smallest absolute Gasteiger partial charge is 0.264 e. The first kappa shape index (κ1) is 15.8. The molecule has 0 radical (unpaired) electrons. The Bertz CT molecular complexity index is 810. The summed E-state index contributed by atoms with van der Waals surface area (Å²) < 4.78 is 5.41. The number of amides is 2. The molecule has 2 amide bonds. The van der Waals surface area contributed by atoms with Crippen molar-refractivity contribution >= 4 is 29.3 Å². The fourth-order valence-corrected chi connectivity index (χ4v) is 2.39. The maximum absolute atomic E-state index is 12.0. The molecule has 0 saturated heterocycles. The quantitative estimate of drug-likeness (QED) is 0.884. The van der Waals surface area contributed by atoms with E-state index in [2.05, 4.69) is 5.32 Å². The predicted molar refractivity (Wildman–Crippen MR) is 94.2 cm³/mol. The van der Waals surface area contributed by atoms with Gasteiger partial charge in [0.1, 0.15) is 5.75 Å². The van der Waals surface area contributed by atoms with Crippen LogP contribution in [0, 0.1) is 6.92 Å². The van der Waals surface area contributed by atoms with Gasteiger partial charge in [-0.15, -0.1) is 0 Å². The van der Waals surface area contributed by atoms with Crippen molar-refractivity contribution in [2.24, 2.45) is 0 Å². The van der Waals surface area contributed by atoms with E-state index in [4.69, 9.17) is 4.74 Å². The van der Waals surface area contributed by atoms with E-state index in [0.29, 0.717) is 17.1 Å². The Morgan fingerprint density at radius 3 is 2.71 bits per heavy atom. The number of hydrogen-bond acceptors (Lipinski definition) is 3. The second-order valence-corrected chi connectivity index (χ2v) is 5.66. The number of likely N-dealkylation sites (N-methyl/N-ethyl adjacent to an activating group) is 1. The summed E-state index contributed by atoms with van der Waals surface area (Å²) in [6.45, 7) is 2.03. The van der Waals surface area contributed by atoms with Gasteiger partial charge in [0.15, 0.2) is 6.61 Å². The van der Waals surface area contributed by atoms with Crippen LogP contribution in [0.2, 0.25) is 0 Å². The van der Waals surface area contributed by atoms with Crippen molar-refractivity contribution in [1.82, 2.24) is 0 Å². The zero-order chi connectivity index (χ0) is 17.1. The van der Waals surface area contributed by atoms with Gasteiger partial charge < -0.3 is 15.0 Å². The molecule has 5 heteroatoms. The van der Waals surface area contributed by atoms with Crippen LogP contribution in [0.5, 0.6) is 5.75 Å². The molecule has 0 atom stereocenters. The van der Waals surface area contributed by atoms with E-state index in [-0.39, 0.29) is 18.4 Å². The summed E-state index contributed by atoms with van der Waals surface area (Å²) in [5, 5.41) is 2.79. The number of nitrogens with zero attached hydrogens (tertiary/aromatic N) is 1. The van der Waals surface area contributed by atoms with Crippen LogP contribution in [0.1, 0.15) is 11.1 Å². The second-order valence-electron chi connectivity index (χ2n) is 5.66. The van der Waals surface area contributed by atoms with Crippen LogP contribution < -0.4 is 15.0 Å². The average molecular weight is 322 g/mol. The number of hydrogen-bond donors (Lipinski definition) is 1. The summed E-state index contributed by atoms with van der Waals surface area (Å²) in [7, 11) is 1.70. The van der Waals surface area contributed by atoms with Crippen LogP contribution in [-0.2, 0) is 9.59 Å². The summed E-state index contributed by atoms with van der Waals surface area (Å²) >= 11 is 0. The van der Waals surface area contributed by atoms with Crippen molar-refractivity contribution in [2.45, 2.75) is 6.92 Å². The number of ether oxygens (including phenoxy) is 1. The highest BCUT2D eigenvalue weighted by Crippen LogP contribution is 2.33. The molecule has 0 aromatic heterocycles. The van der Waals surface area contributed by atoms with Gasteiger partial charge in [-0.1, -0.05) is 29.8 Å². The number of benzene rings is 2. The molecule has 0 aliphatic carbocycles. The third-order valence-electron chi connectivity index (χ3n) is 3.82. The summed E-state index contributed by atoms with van der Waals surface area (Å²) in [5.41, 5.74) is 3.45. The van der Waals surface area contributed by atoms with Crippen LogP contribution in [-0.4, -0.2) is 25.5 Å². The number of nitrogens with one attached hydrogen (secondary N) is 1. The lowest BCUT2D eigenvalue weighted by Crippen LogP contribution is -2.35. The molecule has 0 saturated carbocycles. The summed E-state index contributed by atoms with van der Waals surface area (Å²) in [5.74, 6) is 0.258. The minimum absolute atomic E-state index is 0.00816. The molecule has 5 nitrogen and oxygen atoms in total. The van der Waals surface area contributed by atoms with Crippen molar-refractivity contribution in [1.29, 1.82) is 0 Å². The molecule has 24 heavy (non-hydrogen) atoms. The fraction of sp³-hybridized carbons (Fsp3) is 0.158. The Labute approximate surface area is 140 Å². The molecule has 0 fully saturated rings. The van der Waals surface area contributed by atoms with E-state index in [0.717, 1.165) is 5.56 Å². The van der Waals surface area contributed by atoms with Gasteiger partial charge in [0.05, 0.1) is 5.69 Å². The Morgan fingerprint density at radius 1 is 1.21 bits per heavy atom. The standard InChI is InChI=1S/C19H18N2O3/c1-13-3-5-14(6-4-13)7-10-18(22)20-15-8-9-16-17(11-15)24-12-19(23)21(16)2/h3-11H,12H2,1-2H3,(H,20,22)/b10-7+. The lowest BCUT2D eigenvalue weighted by Gasteiger charge is -2.26. The maximum atomic E-state index is 12.0. The monoisotopic (exact) mass is 322 g/mol. The van der Waals surface area contributed by atoms with Crippen LogP contribution in [0.3, 0.4) is 0 Å². The van der Waals surface area contributed by atoms with Crippen molar-refractivity contribution in [3.63, 3.8) is 0 Å². The molecule has 1 N–H and O–H groups in total. The Balaban J connectivity index is 1.69. The topological polar surface area (TPSA) is 58.6 Å². The van der Waals surface area contributed by atoms with E-state index >= 15 is 0 Å². The largest absolute Gasteiger partial charge is 0.481 e. The number of anilines is 2. The molecule has 0 bridgehead atoms. The van der Waals surface area contributed by atoms with E-state index in [1.807, 2.05) is 31.2 Å². The molecule has 0 spiro atoms. The minimum atomic E-state index is -0.226. The Hall–Kier alpha value is -3.08. The van der Waals surface area contributed by atoms with Gasteiger partial charge in [-0.25, -0.2) is 0 Å². The van der Waals surface area contributed by atoms with Crippen molar-refractivity contribution in [3.05, 3.63) is 59.7 Å². The van der Waals surface area contributed by atoms with E-state index in [1.165, 1.54) is 11.6 Å². The van der Waals surface area contributed by atoms with Gasteiger partial charge in [-0.05, 0) is 30.7 Å². The third kappa shape index (κ3) is 3.46. The predicted octanol–water partition coefficient (Wildman–Crippen LogP) is 3.00. The maximum Gasteiger partial charge on any atom is 0.264 e. The Morgan fingerprint density at radius 2 is 1.96 bits per heavy atom. The zero-order valence-corrected chi connectivity index (χ0v) is 13.6. The van der Waals surface area contributed by atoms with Gasteiger partial charge in [0.25, 0.3) is 5.91 Å². The average Bonchev–Trinajstić information content (AvgIpc) is 2.58. The summed E-state index contributed by atoms with van der Waals surface area (Å²) in [6.07, 6.45) is 3.25. The van der Waals surface area contributed by atoms with Crippen molar-refractivity contribution in [2.75, 3.05) is 23.9 Å². The van der Waals surface area contributed by atoms with Gasteiger partial charge in [-0.3, -0.25) is 9.59 Å². The highest BCUT2D eigenvalue weighted by molar-refractivity contribution is 6.03. The number of carbonyl (C=O) groups is 2. The first-order valence-corrected chi connectivity index (χ1v) is 7.62. The van der Waals surface area contributed by atoms with Gasteiger partial charge in [0.2, 0.25) is 5.91 Å². The van der Waals surface area contributed by atoms with Gasteiger partial charge in [0, 0.05) is 24.9 Å². The molecule has 122 valence electrons. The molecule has 1 heterocycles. The molecule has 3 rings (SSSR count). The summed E-state index contributed by atoms with van der Waals surface area (Å²) in [6, 6.07) is 13.1. The first-order valence-electron chi connectivity index (χ1n) is 7.62. The summed E-state index contributed by atoms with van der Waals surface area (Å²) in [4.78, 5) is 25.2. The molecule has 1 aliphatic heterocycles. The lowest BCUT2D eigenvalue weighted by atomic mass is 10.1. The third-order valence-corrected chi connectivity index (χ3v) is 3.82. The van der Waals surface area contributed by atoms with Crippen LogP contribution in [0.4, 0.5) is 11.4 Å². The highest BCUT2D eigenvalue weighted by Gasteiger charge is 2.22. The highest BCUT2D eigenvalue weighted by atomic mass is 16.5. The molecular weight excluding hydrogens is 304 g/mol. The number of aryl methyl sites for hydroxylation is 1. The van der Waals surface area contributed by atoms with E-state index in [9.17, 15) is 9.59 Å². The normalized spacial score (nSPS) is 13.6. The fourth-order valence-electron chi connectivity index (χ4n) is 2.39. The second kappa shape index (κ2) is 6.58. The van der Waals surface area contributed by atoms with E-state index < -0.39 is 0 Å². The molecule has 1 aliphatic rings. The molecule has 2 aromatic rings. The zero-order valence-electron chi connectivity index (χ0n) is 13.6. The van der Waals surface area contributed by atoms with Crippen molar-refractivity contribution in [3.8, 4) is 5.75 Å². The molecule has 2 aromatic carbocycles. The number of rotatable bonds is 3. The van der Waals surface area contributed by atoms with Gasteiger partial charge >= 0.3 is 0 Å². The number of carbonyl (C=O) groups excluding carboxylic acids is 2. The van der Waals surface area contributed by atoms with E-state index in [1.54, 1.807) is 36.2 Å². The van der Waals surface area contributed by atoms with Crippen LogP contribution in [0.25, 0.3) is 6.08 Å². The Kier molecular flexibility index (Phi) is 4.33. The SMILES string of the molecule is Cc1ccc(/C=C/C(=O)Nc2ccc3c(c2)OCC(=O)N3C)cc1. The minimum Gasteiger partial charge on any atom is -0.481 e. The number of fused-ring (bicyclic) bond motifs is 1. The first-order chi connectivity index (χ1) is 11.5. The van der Waals surface area contributed by atoms with Crippen molar-refractivity contribution < 1.29 is 14.3 Å².